The van der Waals surface area contributed by atoms with Gasteiger partial charge in [-0.2, -0.15) is 8.42 Å². The second-order valence-corrected chi connectivity index (χ2v) is 24.4. The first-order valence-electron chi connectivity index (χ1n) is 30.6. The lowest BCUT2D eigenvalue weighted by Crippen LogP contribution is -2.25. The van der Waals surface area contributed by atoms with Gasteiger partial charge in [-0.15, -0.1) is 0 Å². The van der Waals surface area contributed by atoms with Gasteiger partial charge in [0.25, 0.3) is 10.1 Å². The lowest BCUT2D eigenvalue weighted by Gasteiger charge is -2.20. The normalized spacial score (nSPS) is 11.0. The molecule has 5 N–H and O–H groups in total. The van der Waals surface area contributed by atoms with Crippen LogP contribution in [0.25, 0.3) is 92.1 Å². The Morgan fingerprint density at radius 1 is 0.423 bits per heavy atom. The van der Waals surface area contributed by atoms with Crippen LogP contribution in [0.15, 0.2) is 148 Å². The van der Waals surface area contributed by atoms with E-state index in [1.54, 1.807) is 68.8 Å². The van der Waals surface area contributed by atoms with Crippen molar-refractivity contribution in [3.63, 3.8) is 0 Å². The Morgan fingerprint density at radius 2 is 0.660 bits per heavy atom. The van der Waals surface area contributed by atoms with Crippen molar-refractivity contribution in [3.05, 3.63) is 153 Å². The second-order valence-electron chi connectivity index (χ2n) is 22.4. The van der Waals surface area contributed by atoms with Crippen LogP contribution in [0.1, 0.15) is 0 Å². The van der Waals surface area contributed by atoms with Crippen molar-refractivity contribution in [2.45, 2.75) is 0 Å². The largest absolute Gasteiger partial charge is 0.395 e. The molecule has 12 aromatic rings. The van der Waals surface area contributed by atoms with E-state index in [2.05, 4.69) is 55.1 Å². The van der Waals surface area contributed by atoms with Crippen LogP contribution in [0.2, 0.25) is 5.02 Å². The summed E-state index contributed by atoms with van der Waals surface area (Å²) < 4.78 is 42.5. The van der Waals surface area contributed by atoms with Gasteiger partial charge in [0.2, 0.25) is 0 Å². The number of nitrogens with one attached hydrogen (secondary N) is 1. The minimum atomic E-state index is -3.47. The molecule has 30 nitrogen and oxygen atoms in total. The molecule has 0 bridgehead atoms. The smallest absolute Gasteiger partial charge is 0.264 e. The van der Waals surface area contributed by atoms with Crippen LogP contribution < -0.4 is 25.8 Å². The fraction of sp³-hybridized carbons (Fsp3) is 0.323. The van der Waals surface area contributed by atoms with Gasteiger partial charge in [-0.05, 0) is 55.6 Å². The van der Waals surface area contributed by atoms with Crippen LogP contribution in [-0.4, -0.2) is 202 Å². The summed E-state index contributed by atoms with van der Waals surface area (Å²) in [6, 6.07) is 15.4. The molecule has 0 aromatic carbocycles. The summed E-state index contributed by atoms with van der Waals surface area (Å²) >= 11 is 6.17. The minimum absolute atomic E-state index is 0.0626. The molecule has 0 spiro atoms. The number of aliphatic hydroxyl groups excluding tert-OH is 2. The summed E-state index contributed by atoms with van der Waals surface area (Å²) in [5.41, 5.74) is 14.6. The highest BCUT2D eigenvalue weighted by Crippen LogP contribution is 2.31. The molecule has 512 valence electrons. The molecule has 0 saturated carbocycles. The van der Waals surface area contributed by atoms with E-state index in [0.29, 0.717) is 42.6 Å². The molecular formula is C65H84ClN25O5S. The molecule has 0 aliphatic carbocycles. The monoisotopic (exact) mass is 1360 g/mol. The van der Waals surface area contributed by atoms with Gasteiger partial charge in [0.15, 0.2) is 46.6 Å². The Hall–Kier alpha value is -10.3. The fourth-order valence-corrected chi connectivity index (χ4v) is 10.3. The SMILES string of the molecule is CN(CCN)c1cc(-c2nccn2C)nc(-c2nccn2C)c1.CN(CCO)c1cc(-c2nccn2C)nc(-c2nccn2C)c1.CN(CCOS(C)(=O)=O)c1cc(-c2nccn2C)nc(-c2nccn2C)c1.CNCCO.Cn1ccnc1-c1cc(Cl)cc(-c2nccn2C)n1. The maximum absolute atomic E-state index is 11.2. The molecule has 0 atom stereocenters. The molecule has 12 rings (SSSR count). The number of hydrogen-bond acceptors (Lipinski definition) is 22. The Balaban J connectivity index is 0.000000162. The van der Waals surface area contributed by atoms with Crippen molar-refractivity contribution in [2.75, 3.05) is 102 Å². The van der Waals surface area contributed by atoms with E-state index in [9.17, 15) is 13.5 Å². The van der Waals surface area contributed by atoms with Gasteiger partial charge < -0.3 is 72.5 Å². The highest BCUT2D eigenvalue weighted by atomic mass is 35.5. The van der Waals surface area contributed by atoms with E-state index < -0.39 is 10.1 Å². The third-order valence-corrected chi connectivity index (χ3v) is 15.7. The van der Waals surface area contributed by atoms with Crippen molar-refractivity contribution in [1.82, 2.24) is 102 Å². The van der Waals surface area contributed by atoms with Gasteiger partial charge in [0, 0.05) is 231 Å². The first-order chi connectivity index (χ1) is 46.5. The molecule has 0 amide bonds. The summed E-state index contributed by atoms with van der Waals surface area (Å²) in [6.45, 7) is 3.39. The van der Waals surface area contributed by atoms with Gasteiger partial charge in [-0.25, -0.2) is 59.8 Å². The summed E-state index contributed by atoms with van der Waals surface area (Å²) in [6.07, 6.45) is 30.0. The predicted molar refractivity (Wildman–Crippen MR) is 377 cm³/mol. The first-order valence-corrected chi connectivity index (χ1v) is 32.8. The van der Waals surface area contributed by atoms with Gasteiger partial charge >= 0.3 is 0 Å². The molecule has 12 heterocycles. The van der Waals surface area contributed by atoms with Crippen LogP contribution in [0.5, 0.6) is 0 Å². The maximum Gasteiger partial charge on any atom is 0.264 e. The van der Waals surface area contributed by atoms with Gasteiger partial charge in [0.1, 0.15) is 45.6 Å². The van der Waals surface area contributed by atoms with E-state index in [1.165, 1.54) is 0 Å². The molecule has 32 heteroatoms. The number of halogens is 1. The number of aliphatic hydroxyl groups is 2. The lowest BCUT2D eigenvalue weighted by molar-refractivity contribution is 0.296. The molecule has 0 saturated heterocycles. The molecule has 12 aromatic heterocycles. The molecule has 97 heavy (non-hydrogen) atoms. The summed E-state index contributed by atoms with van der Waals surface area (Å²) in [4.78, 5) is 59.7. The molecule has 0 aliphatic rings. The number of nitrogens with zero attached hydrogens (tertiary/aromatic N) is 23. The number of imidazole rings is 8. The maximum atomic E-state index is 11.2. The summed E-state index contributed by atoms with van der Waals surface area (Å²) in [5, 5.41) is 20.6. The minimum Gasteiger partial charge on any atom is -0.395 e. The predicted octanol–water partition coefficient (Wildman–Crippen LogP) is 5.62. The summed E-state index contributed by atoms with van der Waals surface area (Å²) in [7, 11) is 19.6. The third kappa shape index (κ3) is 19.2. The van der Waals surface area contributed by atoms with E-state index >= 15 is 0 Å². The van der Waals surface area contributed by atoms with Gasteiger partial charge in [0.05, 0.1) is 26.1 Å². The quantitative estimate of drug-likeness (QED) is 0.0634. The van der Waals surface area contributed by atoms with Crippen molar-refractivity contribution in [2.24, 2.45) is 62.1 Å². The van der Waals surface area contributed by atoms with Crippen LogP contribution in [0.4, 0.5) is 17.1 Å². The zero-order valence-electron chi connectivity index (χ0n) is 56.8. The number of pyridine rings is 4. The van der Waals surface area contributed by atoms with Crippen LogP contribution in [0.3, 0.4) is 0 Å². The zero-order chi connectivity index (χ0) is 69.9. The highest BCUT2D eigenvalue weighted by Gasteiger charge is 2.19. The number of aryl methyl sites for hydroxylation is 8. The highest BCUT2D eigenvalue weighted by molar-refractivity contribution is 7.86. The Morgan fingerprint density at radius 3 is 0.845 bits per heavy atom. The van der Waals surface area contributed by atoms with E-state index in [0.717, 1.165) is 111 Å². The molecule has 0 radical (unpaired) electrons. The van der Waals surface area contributed by atoms with Crippen molar-refractivity contribution < 1.29 is 22.8 Å². The van der Waals surface area contributed by atoms with Crippen molar-refractivity contribution >= 4 is 38.8 Å². The molecule has 0 fully saturated rings. The number of rotatable bonds is 21. The van der Waals surface area contributed by atoms with Crippen LogP contribution in [-0.2, 0) is 70.7 Å². The molecule has 0 aliphatic heterocycles. The van der Waals surface area contributed by atoms with Crippen LogP contribution >= 0.6 is 11.6 Å². The number of hydrogen-bond donors (Lipinski definition) is 4. The number of likely N-dealkylation sites (N-methyl/N-ethyl adjacent to an activating group) is 4. The van der Waals surface area contributed by atoms with Gasteiger partial charge in [-0.3, -0.25) is 4.18 Å². The van der Waals surface area contributed by atoms with E-state index in [4.69, 9.17) is 41.6 Å². The Kier molecular flexibility index (Phi) is 25.4. The molecule has 0 unspecified atom stereocenters. The van der Waals surface area contributed by atoms with Crippen LogP contribution in [0, 0.1) is 0 Å². The topological polar surface area (TPSA) is 326 Å². The second kappa shape index (κ2) is 33.9. The average Bonchev–Trinajstić information content (AvgIpc) is 1.79. The van der Waals surface area contributed by atoms with E-state index in [1.807, 2.05) is 210 Å². The standard InChI is InChI=1S/C17H22N6O3S.C16H21N7.C16H20N6O.C13H12ClN5.C3H9NO/c1-21(9-10-26-27(4,24)25)13-11-14(16-18-5-7-22(16)2)20-15(12-13)17-19-6-8-23(17)3;1-21(7-4-17)12-10-13(15-18-5-8-22(15)2)20-14(11-12)16-19-6-9-23(16)3;1-20(8-9-23)12-10-13(15-17-4-6-21(15)2)19-14(11-12)16-18-5-7-22(16)3;1-18-5-3-15-12(18)10-7-9(14)8-11(17-10)13-16-4-6-19(13)2;1-4-2-3-5/h5-8,11-12H,9-10H2,1-4H3;5-6,8-11H,4,7,17H2,1-3H3;4-7,10-11,23H,8-9H2,1-3H3;3-8H,1-2H3;4-5H,2-3H2,1H3. The average molecular weight is 1360 g/mol. The fourth-order valence-electron chi connectivity index (χ4n) is 9.69. The third-order valence-electron chi connectivity index (χ3n) is 14.9. The number of aromatic nitrogens is 20. The van der Waals surface area contributed by atoms with Gasteiger partial charge in [-0.1, -0.05) is 11.6 Å². The Bertz CT molecular complexity index is 4210. The number of nitrogens with two attached hydrogens (primary N) is 1. The summed E-state index contributed by atoms with van der Waals surface area (Å²) in [5.74, 6) is 6.24. The zero-order valence-corrected chi connectivity index (χ0v) is 58.4. The number of anilines is 3. The first kappa shape index (κ1) is 72.5. The van der Waals surface area contributed by atoms with E-state index in [-0.39, 0.29) is 19.8 Å². The Labute approximate surface area is 569 Å². The lowest BCUT2D eigenvalue weighted by atomic mass is 10.2. The van der Waals surface area contributed by atoms with Crippen molar-refractivity contribution in [3.8, 4) is 92.1 Å². The molecular weight excluding hydrogens is 1280 g/mol. The van der Waals surface area contributed by atoms with Crippen molar-refractivity contribution in [1.29, 1.82) is 0 Å².